The fourth-order valence-electron chi connectivity index (χ4n) is 4.22. The molecule has 0 spiro atoms. The lowest BCUT2D eigenvalue weighted by Crippen LogP contribution is -2.44. The van der Waals surface area contributed by atoms with Crippen LogP contribution in [-0.4, -0.2) is 49.0 Å². The minimum absolute atomic E-state index is 0.111. The number of para-hydroxylation sites is 1. The first kappa shape index (κ1) is 23.2. The number of nitrogens with zero attached hydrogens (tertiary/aromatic N) is 2. The molecule has 1 atom stereocenters. The first-order valence-corrected chi connectivity index (χ1v) is 12.1. The third-order valence-electron chi connectivity index (χ3n) is 5.79. The van der Waals surface area contributed by atoms with Gasteiger partial charge < -0.3 is 19.4 Å². The van der Waals surface area contributed by atoms with Gasteiger partial charge in [0, 0.05) is 49.0 Å². The number of anilines is 1. The summed E-state index contributed by atoms with van der Waals surface area (Å²) < 4.78 is 12.8. The number of fused-ring (bicyclic) bond motifs is 3. The van der Waals surface area contributed by atoms with Crippen LogP contribution in [-0.2, 0) is 21.4 Å². The van der Waals surface area contributed by atoms with Crippen LogP contribution in [0.3, 0.4) is 0 Å². The van der Waals surface area contributed by atoms with Crippen molar-refractivity contribution in [2.24, 2.45) is 7.05 Å². The molecule has 0 bridgehead atoms. The quantitative estimate of drug-likeness (QED) is 0.509. The van der Waals surface area contributed by atoms with Gasteiger partial charge in [-0.25, -0.2) is 0 Å². The lowest BCUT2D eigenvalue weighted by Gasteiger charge is -2.30. The van der Waals surface area contributed by atoms with E-state index in [2.05, 4.69) is 9.88 Å². The molecule has 2 amide bonds. The van der Waals surface area contributed by atoms with Crippen molar-refractivity contribution in [3.8, 4) is 5.75 Å². The number of aryl methyl sites for hydroxylation is 1. The standard InChI is InChI=1S/C25H29N3O4S/c1-4-32-15-7-14-26-24(30)23-22-19-8-5-6-9-20(19)27(2)25(22)33-16-21(29)28(23)17-10-12-18(31-3)13-11-17/h5-6,8-13,23H,4,7,14-16H2,1-3H3,(H,26,30). The summed E-state index contributed by atoms with van der Waals surface area (Å²) in [5.74, 6) is 0.631. The largest absolute Gasteiger partial charge is 0.497 e. The number of methoxy groups -OCH3 is 1. The van der Waals surface area contributed by atoms with Crippen molar-refractivity contribution in [3.63, 3.8) is 0 Å². The van der Waals surface area contributed by atoms with Gasteiger partial charge in [0.15, 0.2) is 0 Å². The number of rotatable bonds is 8. The van der Waals surface area contributed by atoms with Crippen molar-refractivity contribution >= 4 is 40.2 Å². The molecule has 2 aromatic carbocycles. The van der Waals surface area contributed by atoms with Crippen LogP contribution in [0.15, 0.2) is 53.6 Å². The second-order valence-corrected chi connectivity index (χ2v) is 8.75. The highest BCUT2D eigenvalue weighted by Crippen LogP contribution is 2.43. The van der Waals surface area contributed by atoms with Gasteiger partial charge in [-0.05, 0) is 43.7 Å². The van der Waals surface area contributed by atoms with E-state index in [4.69, 9.17) is 9.47 Å². The number of ether oxygens (including phenoxy) is 2. The molecule has 0 saturated heterocycles. The third-order valence-corrected chi connectivity index (χ3v) is 6.95. The Kier molecular flexibility index (Phi) is 7.25. The van der Waals surface area contributed by atoms with Gasteiger partial charge in [-0.15, -0.1) is 0 Å². The second kappa shape index (κ2) is 10.3. The van der Waals surface area contributed by atoms with Crippen molar-refractivity contribution < 1.29 is 19.1 Å². The predicted molar refractivity (Wildman–Crippen MR) is 131 cm³/mol. The van der Waals surface area contributed by atoms with E-state index < -0.39 is 6.04 Å². The van der Waals surface area contributed by atoms with Crippen LogP contribution in [0.5, 0.6) is 5.75 Å². The summed E-state index contributed by atoms with van der Waals surface area (Å²) in [6.45, 7) is 3.65. The van der Waals surface area contributed by atoms with Crippen molar-refractivity contribution in [2.75, 3.05) is 37.5 Å². The minimum Gasteiger partial charge on any atom is -0.497 e. The number of thioether (sulfide) groups is 1. The van der Waals surface area contributed by atoms with E-state index in [1.807, 2.05) is 62.5 Å². The molecule has 2 heterocycles. The zero-order valence-corrected chi connectivity index (χ0v) is 20.0. The topological polar surface area (TPSA) is 72.8 Å². The summed E-state index contributed by atoms with van der Waals surface area (Å²) in [6.07, 6.45) is 0.708. The number of amides is 2. The monoisotopic (exact) mass is 467 g/mol. The maximum absolute atomic E-state index is 13.7. The molecule has 1 aromatic heterocycles. The smallest absolute Gasteiger partial charge is 0.247 e. The molecule has 33 heavy (non-hydrogen) atoms. The molecule has 0 saturated carbocycles. The number of carbonyl (C=O) groups is 2. The van der Waals surface area contributed by atoms with Crippen LogP contribution in [0, 0.1) is 0 Å². The zero-order chi connectivity index (χ0) is 23.4. The molecule has 1 unspecified atom stereocenters. The normalized spacial score (nSPS) is 15.9. The van der Waals surface area contributed by atoms with Crippen molar-refractivity contribution in [3.05, 3.63) is 54.1 Å². The molecular weight excluding hydrogens is 438 g/mol. The SMILES string of the molecule is CCOCCCNC(=O)C1c2c(n(C)c3ccccc23)SCC(=O)N1c1ccc(OC)cc1. The predicted octanol–water partition coefficient (Wildman–Crippen LogP) is 3.91. The molecule has 3 aromatic rings. The molecular formula is C25H29N3O4S. The van der Waals surface area contributed by atoms with Gasteiger partial charge in [-0.1, -0.05) is 30.0 Å². The Morgan fingerprint density at radius 1 is 1.18 bits per heavy atom. The Morgan fingerprint density at radius 2 is 1.94 bits per heavy atom. The third kappa shape index (κ3) is 4.58. The zero-order valence-electron chi connectivity index (χ0n) is 19.2. The number of aromatic nitrogens is 1. The average Bonchev–Trinajstić information content (AvgIpc) is 3.01. The van der Waals surface area contributed by atoms with Crippen LogP contribution in [0.25, 0.3) is 10.9 Å². The van der Waals surface area contributed by atoms with Gasteiger partial charge in [0.25, 0.3) is 0 Å². The Labute approximate surface area is 198 Å². The molecule has 8 heteroatoms. The van der Waals surface area contributed by atoms with Gasteiger partial charge in [-0.3, -0.25) is 14.5 Å². The van der Waals surface area contributed by atoms with Gasteiger partial charge in [0.1, 0.15) is 11.8 Å². The molecule has 0 aliphatic carbocycles. The fourth-order valence-corrected chi connectivity index (χ4v) is 5.29. The van der Waals surface area contributed by atoms with Crippen LogP contribution in [0.4, 0.5) is 5.69 Å². The Bertz CT molecular complexity index is 1140. The highest BCUT2D eigenvalue weighted by Gasteiger charge is 2.39. The Hall–Kier alpha value is -2.97. The molecule has 7 nitrogen and oxygen atoms in total. The number of carbonyl (C=O) groups excluding carboxylic acids is 2. The van der Waals surface area contributed by atoms with Gasteiger partial charge in [0.05, 0.1) is 17.9 Å². The molecule has 0 fully saturated rings. The summed E-state index contributed by atoms with van der Waals surface area (Å²) in [5.41, 5.74) is 2.56. The highest BCUT2D eigenvalue weighted by atomic mass is 32.2. The van der Waals surface area contributed by atoms with Crippen molar-refractivity contribution in [1.82, 2.24) is 9.88 Å². The van der Waals surface area contributed by atoms with Crippen LogP contribution in [0.1, 0.15) is 24.9 Å². The Morgan fingerprint density at radius 3 is 2.67 bits per heavy atom. The second-order valence-electron chi connectivity index (χ2n) is 7.79. The molecule has 4 rings (SSSR count). The number of hydrogen-bond donors (Lipinski definition) is 1. The van der Waals surface area contributed by atoms with E-state index in [9.17, 15) is 9.59 Å². The van der Waals surface area contributed by atoms with Gasteiger partial charge in [-0.2, -0.15) is 0 Å². The van der Waals surface area contributed by atoms with Crippen molar-refractivity contribution in [2.45, 2.75) is 24.4 Å². The summed E-state index contributed by atoms with van der Waals surface area (Å²) in [6, 6.07) is 14.5. The van der Waals surface area contributed by atoms with Gasteiger partial charge in [0.2, 0.25) is 11.8 Å². The molecule has 174 valence electrons. The molecule has 1 N–H and O–H groups in total. The van der Waals surface area contributed by atoms with Crippen molar-refractivity contribution in [1.29, 1.82) is 0 Å². The summed E-state index contributed by atoms with van der Waals surface area (Å²) in [5, 5.41) is 4.96. The maximum Gasteiger partial charge on any atom is 0.247 e. The molecule has 1 aliphatic rings. The van der Waals surface area contributed by atoms with E-state index in [1.165, 1.54) is 11.8 Å². The molecule has 1 aliphatic heterocycles. The fraction of sp³-hybridized carbons (Fsp3) is 0.360. The van der Waals surface area contributed by atoms with E-state index in [0.717, 1.165) is 21.5 Å². The van der Waals surface area contributed by atoms with Gasteiger partial charge >= 0.3 is 0 Å². The average molecular weight is 468 g/mol. The van der Waals surface area contributed by atoms with E-state index in [1.54, 1.807) is 12.0 Å². The number of nitrogens with one attached hydrogen (secondary N) is 1. The first-order chi connectivity index (χ1) is 16.1. The van der Waals surface area contributed by atoms with Crippen LogP contribution < -0.4 is 15.0 Å². The first-order valence-electron chi connectivity index (χ1n) is 11.1. The van der Waals surface area contributed by atoms with Crippen LogP contribution >= 0.6 is 11.8 Å². The number of hydrogen-bond acceptors (Lipinski definition) is 5. The maximum atomic E-state index is 13.7. The number of benzene rings is 2. The summed E-state index contributed by atoms with van der Waals surface area (Å²) in [7, 11) is 3.59. The Balaban J connectivity index is 1.79. The van der Waals surface area contributed by atoms with E-state index >= 15 is 0 Å². The minimum atomic E-state index is -0.783. The lowest BCUT2D eigenvalue weighted by atomic mass is 10.0. The van der Waals surface area contributed by atoms with E-state index in [0.29, 0.717) is 37.6 Å². The van der Waals surface area contributed by atoms with Crippen LogP contribution in [0.2, 0.25) is 0 Å². The summed E-state index contributed by atoms with van der Waals surface area (Å²) in [4.78, 5) is 28.7. The summed E-state index contributed by atoms with van der Waals surface area (Å²) >= 11 is 1.48. The van der Waals surface area contributed by atoms with E-state index in [-0.39, 0.29) is 17.6 Å². The lowest BCUT2D eigenvalue weighted by molar-refractivity contribution is -0.125. The highest BCUT2D eigenvalue weighted by molar-refractivity contribution is 8.00. The molecule has 0 radical (unpaired) electrons.